The second-order valence-electron chi connectivity index (χ2n) is 2.89. The monoisotopic (exact) mass is 257 g/mol. The van der Waals surface area contributed by atoms with E-state index in [4.69, 9.17) is 9.15 Å². The predicted molar refractivity (Wildman–Crippen MR) is 55.2 cm³/mol. The average Bonchev–Trinajstić information content (AvgIpc) is 2.45. The van der Waals surface area contributed by atoms with Crippen LogP contribution in [0.4, 0.5) is 0 Å². The van der Waals surface area contributed by atoms with Crippen LogP contribution < -0.4 is 5.76 Å². The molecule has 0 aliphatic rings. The summed E-state index contributed by atoms with van der Waals surface area (Å²) in [7, 11) is 1.62. The number of aromatic nitrogens is 1. The van der Waals surface area contributed by atoms with E-state index in [0.717, 1.165) is 10.0 Å². The van der Waals surface area contributed by atoms with E-state index in [1.54, 1.807) is 13.2 Å². The van der Waals surface area contributed by atoms with Gasteiger partial charge < -0.3 is 9.15 Å². The topological polar surface area (TPSA) is 55.2 Å². The molecule has 2 rings (SSSR count). The van der Waals surface area contributed by atoms with Gasteiger partial charge in [-0.2, -0.15) is 0 Å². The van der Waals surface area contributed by atoms with E-state index in [1.165, 1.54) is 0 Å². The van der Waals surface area contributed by atoms with Gasteiger partial charge in [-0.25, -0.2) is 4.79 Å². The van der Waals surface area contributed by atoms with Crippen molar-refractivity contribution < 1.29 is 9.15 Å². The molecular weight excluding hydrogens is 250 g/mol. The number of hydrogen-bond donors (Lipinski definition) is 1. The molecule has 0 aliphatic heterocycles. The molecule has 5 heteroatoms. The first-order valence-electron chi connectivity index (χ1n) is 4.01. The lowest BCUT2D eigenvalue weighted by Gasteiger charge is -2.01. The Morgan fingerprint density at radius 2 is 2.36 bits per heavy atom. The Bertz CT molecular complexity index is 514. The second kappa shape index (κ2) is 3.59. The molecule has 1 heterocycles. The minimum absolute atomic E-state index is 0.443. The van der Waals surface area contributed by atoms with Gasteiger partial charge in [-0.1, -0.05) is 15.9 Å². The van der Waals surface area contributed by atoms with Gasteiger partial charge in [0.25, 0.3) is 0 Å². The van der Waals surface area contributed by atoms with Crippen LogP contribution in [0.25, 0.3) is 11.1 Å². The van der Waals surface area contributed by atoms with E-state index < -0.39 is 5.76 Å². The summed E-state index contributed by atoms with van der Waals surface area (Å²) < 4.78 is 10.8. The number of aromatic amines is 1. The predicted octanol–water partition coefficient (Wildman–Crippen LogP) is 2.03. The van der Waals surface area contributed by atoms with Crippen LogP contribution in [0.5, 0.6) is 0 Å². The van der Waals surface area contributed by atoms with E-state index in [9.17, 15) is 4.79 Å². The van der Waals surface area contributed by atoms with Crippen LogP contribution in [-0.4, -0.2) is 12.1 Å². The summed E-state index contributed by atoms with van der Waals surface area (Å²) in [5, 5.41) is 0. The molecule has 0 fully saturated rings. The third-order valence-corrected chi connectivity index (χ3v) is 2.63. The van der Waals surface area contributed by atoms with Gasteiger partial charge in [0.15, 0.2) is 5.58 Å². The molecule has 1 aromatic carbocycles. The van der Waals surface area contributed by atoms with Crippen LogP contribution in [0, 0.1) is 0 Å². The van der Waals surface area contributed by atoms with Crippen molar-refractivity contribution in [1.82, 2.24) is 4.98 Å². The number of rotatable bonds is 2. The van der Waals surface area contributed by atoms with Gasteiger partial charge in [0.05, 0.1) is 12.1 Å². The van der Waals surface area contributed by atoms with Crippen LogP contribution >= 0.6 is 15.9 Å². The fourth-order valence-electron chi connectivity index (χ4n) is 1.28. The zero-order chi connectivity index (χ0) is 10.1. The Hall–Kier alpha value is -1.07. The van der Waals surface area contributed by atoms with Crippen molar-refractivity contribution in [3.63, 3.8) is 0 Å². The maximum Gasteiger partial charge on any atom is 0.417 e. The second-order valence-corrected chi connectivity index (χ2v) is 3.74. The third kappa shape index (κ3) is 1.60. The van der Waals surface area contributed by atoms with Crippen LogP contribution in [0.3, 0.4) is 0 Å². The number of ether oxygens (including phenoxy) is 1. The highest BCUT2D eigenvalue weighted by Gasteiger charge is 2.06. The maximum atomic E-state index is 10.9. The minimum Gasteiger partial charge on any atom is -0.408 e. The fraction of sp³-hybridized carbons (Fsp3) is 0.222. The zero-order valence-corrected chi connectivity index (χ0v) is 9.05. The quantitative estimate of drug-likeness (QED) is 0.896. The van der Waals surface area contributed by atoms with Gasteiger partial charge in [-0.05, 0) is 17.7 Å². The lowest BCUT2D eigenvalue weighted by Crippen LogP contribution is -1.93. The van der Waals surface area contributed by atoms with E-state index in [2.05, 4.69) is 20.9 Å². The molecule has 0 amide bonds. The fourth-order valence-corrected chi connectivity index (χ4v) is 1.72. The molecule has 0 saturated heterocycles. The third-order valence-electron chi connectivity index (χ3n) is 1.89. The van der Waals surface area contributed by atoms with Crippen molar-refractivity contribution in [2.45, 2.75) is 6.61 Å². The molecule has 0 bridgehead atoms. The van der Waals surface area contributed by atoms with E-state index in [0.29, 0.717) is 17.7 Å². The minimum atomic E-state index is -0.443. The van der Waals surface area contributed by atoms with Gasteiger partial charge in [-0.3, -0.25) is 4.98 Å². The Morgan fingerprint density at radius 3 is 3.07 bits per heavy atom. The molecule has 0 spiro atoms. The van der Waals surface area contributed by atoms with E-state index in [-0.39, 0.29) is 0 Å². The lowest BCUT2D eigenvalue weighted by atomic mass is 10.2. The Morgan fingerprint density at radius 1 is 1.57 bits per heavy atom. The number of halogens is 1. The average molecular weight is 258 g/mol. The van der Waals surface area contributed by atoms with Crippen molar-refractivity contribution in [2.75, 3.05) is 7.11 Å². The number of H-pyrrole nitrogens is 1. The number of fused-ring (bicyclic) bond motifs is 1. The van der Waals surface area contributed by atoms with Crippen molar-refractivity contribution in [3.8, 4) is 0 Å². The van der Waals surface area contributed by atoms with Crippen molar-refractivity contribution in [3.05, 3.63) is 32.7 Å². The molecule has 2 aromatic rings. The number of benzene rings is 1. The maximum absolute atomic E-state index is 10.9. The molecule has 0 unspecified atom stereocenters. The van der Waals surface area contributed by atoms with Crippen LogP contribution in [0.2, 0.25) is 0 Å². The summed E-state index contributed by atoms with van der Waals surface area (Å²) in [6.45, 7) is 0.490. The number of oxazole rings is 1. The van der Waals surface area contributed by atoms with Gasteiger partial charge in [-0.15, -0.1) is 0 Å². The SMILES string of the molecule is COCc1cc2[nH]c(=O)oc2cc1Br. The molecule has 0 radical (unpaired) electrons. The normalized spacial score (nSPS) is 11.0. The summed E-state index contributed by atoms with van der Waals surface area (Å²) in [6, 6.07) is 3.58. The largest absolute Gasteiger partial charge is 0.417 e. The summed E-state index contributed by atoms with van der Waals surface area (Å²) >= 11 is 3.37. The van der Waals surface area contributed by atoms with Crippen molar-refractivity contribution in [2.24, 2.45) is 0 Å². The molecule has 14 heavy (non-hydrogen) atoms. The first-order chi connectivity index (χ1) is 6.70. The molecule has 4 nitrogen and oxygen atoms in total. The molecule has 1 aromatic heterocycles. The van der Waals surface area contributed by atoms with Gasteiger partial charge >= 0.3 is 5.76 Å². The highest BCUT2D eigenvalue weighted by atomic mass is 79.9. The van der Waals surface area contributed by atoms with Crippen molar-refractivity contribution >= 4 is 27.0 Å². The van der Waals surface area contributed by atoms with E-state index in [1.807, 2.05) is 6.07 Å². The molecular formula is C9H8BrNO3. The molecule has 0 saturated carbocycles. The Kier molecular flexibility index (Phi) is 2.43. The highest BCUT2D eigenvalue weighted by Crippen LogP contribution is 2.23. The van der Waals surface area contributed by atoms with Crippen LogP contribution in [0.15, 0.2) is 25.8 Å². The zero-order valence-electron chi connectivity index (χ0n) is 7.46. The van der Waals surface area contributed by atoms with Crippen LogP contribution in [-0.2, 0) is 11.3 Å². The first-order valence-corrected chi connectivity index (χ1v) is 4.80. The lowest BCUT2D eigenvalue weighted by molar-refractivity contribution is 0.184. The smallest absolute Gasteiger partial charge is 0.408 e. The van der Waals surface area contributed by atoms with E-state index >= 15 is 0 Å². The Balaban J connectivity index is 2.63. The van der Waals surface area contributed by atoms with Crippen LogP contribution in [0.1, 0.15) is 5.56 Å². The summed E-state index contributed by atoms with van der Waals surface area (Å²) in [6.07, 6.45) is 0. The summed E-state index contributed by atoms with van der Waals surface area (Å²) in [4.78, 5) is 13.5. The molecule has 0 aliphatic carbocycles. The standard InChI is InChI=1S/C9H8BrNO3/c1-13-4-5-2-7-8(3-6(5)10)14-9(12)11-7/h2-3H,4H2,1H3,(H,11,12). The Labute approximate surface area is 88.0 Å². The molecule has 74 valence electrons. The summed E-state index contributed by atoms with van der Waals surface area (Å²) in [5.74, 6) is -0.443. The highest BCUT2D eigenvalue weighted by molar-refractivity contribution is 9.10. The number of nitrogens with one attached hydrogen (secondary N) is 1. The van der Waals surface area contributed by atoms with Gasteiger partial charge in [0.2, 0.25) is 0 Å². The molecule has 0 atom stereocenters. The first kappa shape index (κ1) is 9.48. The van der Waals surface area contributed by atoms with Crippen molar-refractivity contribution in [1.29, 1.82) is 0 Å². The number of methoxy groups -OCH3 is 1. The van der Waals surface area contributed by atoms with Gasteiger partial charge in [0, 0.05) is 11.6 Å². The summed E-state index contributed by atoms with van der Waals surface area (Å²) in [5.41, 5.74) is 2.20. The number of hydrogen-bond acceptors (Lipinski definition) is 3. The van der Waals surface area contributed by atoms with Gasteiger partial charge in [0.1, 0.15) is 0 Å². The molecule has 1 N–H and O–H groups in total.